The molecule has 0 saturated heterocycles. The highest BCUT2D eigenvalue weighted by atomic mass is 19.1. The van der Waals surface area contributed by atoms with Gasteiger partial charge in [-0.15, -0.1) is 0 Å². The fourth-order valence-electron chi connectivity index (χ4n) is 1.63. The van der Waals surface area contributed by atoms with Crippen molar-refractivity contribution in [2.24, 2.45) is 0 Å². The molecule has 6 heteroatoms. The number of carbonyl (C=O) groups is 1. The van der Waals surface area contributed by atoms with E-state index < -0.39 is 11.7 Å². The molecule has 0 spiro atoms. The van der Waals surface area contributed by atoms with Gasteiger partial charge in [0.1, 0.15) is 17.4 Å². The van der Waals surface area contributed by atoms with Crippen molar-refractivity contribution in [3.05, 3.63) is 47.9 Å². The third kappa shape index (κ3) is 3.03. The van der Waals surface area contributed by atoms with Crippen molar-refractivity contribution in [3.63, 3.8) is 0 Å². The van der Waals surface area contributed by atoms with Gasteiger partial charge in [0.2, 0.25) is 0 Å². The number of nitrogens with one attached hydrogen (secondary N) is 2. The Hall–Kier alpha value is -2.63. The molecule has 104 valence electrons. The molecule has 5 nitrogen and oxygen atoms in total. The number of hydrogen-bond donors (Lipinski definition) is 2. The molecule has 0 aliphatic carbocycles. The molecule has 0 atom stereocenters. The number of hydrogen-bond acceptors (Lipinski definition) is 4. The van der Waals surface area contributed by atoms with E-state index >= 15 is 0 Å². The summed E-state index contributed by atoms with van der Waals surface area (Å²) < 4.78 is 18.6. The van der Waals surface area contributed by atoms with Crippen LogP contribution in [-0.4, -0.2) is 25.0 Å². The average molecular weight is 275 g/mol. The van der Waals surface area contributed by atoms with Crippen LogP contribution in [0.4, 0.5) is 15.9 Å². The van der Waals surface area contributed by atoms with Gasteiger partial charge in [-0.3, -0.25) is 4.79 Å². The van der Waals surface area contributed by atoms with Crippen LogP contribution >= 0.6 is 0 Å². The van der Waals surface area contributed by atoms with E-state index in [4.69, 9.17) is 4.74 Å². The number of anilines is 2. The number of carbonyl (C=O) groups excluding carboxylic acids is 1. The first kappa shape index (κ1) is 13.8. The summed E-state index contributed by atoms with van der Waals surface area (Å²) in [6.45, 7) is 0. The highest BCUT2D eigenvalue weighted by Crippen LogP contribution is 2.21. The smallest absolute Gasteiger partial charge is 0.255 e. The number of aromatic nitrogens is 1. The zero-order valence-corrected chi connectivity index (χ0v) is 11.1. The number of pyridine rings is 1. The molecule has 0 bridgehead atoms. The van der Waals surface area contributed by atoms with Gasteiger partial charge in [0, 0.05) is 24.9 Å². The largest absolute Gasteiger partial charge is 0.497 e. The lowest BCUT2D eigenvalue weighted by Gasteiger charge is -2.09. The Morgan fingerprint density at radius 1 is 1.30 bits per heavy atom. The third-order valence-electron chi connectivity index (χ3n) is 2.70. The molecule has 0 aliphatic rings. The van der Waals surface area contributed by atoms with Crippen molar-refractivity contribution >= 4 is 17.4 Å². The highest BCUT2D eigenvalue weighted by Gasteiger charge is 2.11. The predicted molar refractivity (Wildman–Crippen MR) is 74.7 cm³/mol. The van der Waals surface area contributed by atoms with Gasteiger partial charge in [0.25, 0.3) is 5.91 Å². The van der Waals surface area contributed by atoms with E-state index in [9.17, 15) is 9.18 Å². The second kappa shape index (κ2) is 6.01. The zero-order valence-electron chi connectivity index (χ0n) is 11.1. The number of amides is 1. The summed E-state index contributed by atoms with van der Waals surface area (Å²) in [6.07, 6.45) is 1.50. The Bertz CT molecular complexity index is 632. The van der Waals surface area contributed by atoms with Crippen molar-refractivity contribution in [2.45, 2.75) is 0 Å². The summed E-state index contributed by atoms with van der Waals surface area (Å²) in [5, 5.41) is 5.33. The van der Waals surface area contributed by atoms with Crippen molar-refractivity contribution in [1.82, 2.24) is 4.98 Å². The Labute approximate surface area is 115 Å². The molecule has 2 aromatic rings. The highest BCUT2D eigenvalue weighted by molar-refractivity contribution is 6.04. The lowest BCUT2D eigenvalue weighted by Crippen LogP contribution is -2.13. The molecule has 0 radical (unpaired) electrons. The summed E-state index contributed by atoms with van der Waals surface area (Å²) >= 11 is 0. The fraction of sp³-hybridized carbons (Fsp3) is 0.143. The van der Waals surface area contributed by atoms with Gasteiger partial charge >= 0.3 is 0 Å². The van der Waals surface area contributed by atoms with Crippen LogP contribution in [0.5, 0.6) is 5.75 Å². The SMILES string of the molecule is CNc1cc(C(=O)Nc2cc(OC)ccc2F)ccn1. The topological polar surface area (TPSA) is 63.2 Å². The Morgan fingerprint density at radius 3 is 2.80 bits per heavy atom. The quantitative estimate of drug-likeness (QED) is 0.900. The lowest BCUT2D eigenvalue weighted by atomic mass is 10.2. The molecule has 20 heavy (non-hydrogen) atoms. The summed E-state index contributed by atoms with van der Waals surface area (Å²) in [4.78, 5) is 16.1. The van der Waals surface area contributed by atoms with Crippen LogP contribution in [0, 0.1) is 5.82 Å². The van der Waals surface area contributed by atoms with Crippen LogP contribution in [0.25, 0.3) is 0 Å². The monoisotopic (exact) mass is 275 g/mol. The molecular weight excluding hydrogens is 261 g/mol. The van der Waals surface area contributed by atoms with E-state index in [1.165, 1.54) is 31.5 Å². The van der Waals surface area contributed by atoms with Crippen molar-refractivity contribution < 1.29 is 13.9 Å². The minimum absolute atomic E-state index is 0.0668. The fourth-order valence-corrected chi connectivity index (χ4v) is 1.63. The van der Waals surface area contributed by atoms with Gasteiger partial charge in [-0.05, 0) is 24.3 Å². The Morgan fingerprint density at radius 2 is 2.10 bits per heavy atom. The summed E-state index contributed by atoms with van der Waals surface area (Å²) in [7, 11) is 3.17. The third-order valence-corrected chi connectivity index (χ3v) is 2.70. The van der Waals surface area contributed by atoms with E-state index in [1.807, 2.05) is 0 Å². The second-order valence-corrected chi connectivity index (χ2v) is 3.98. The summed E-state index contributed by atoms with van der Waals surface area (Å²) in [5.41, 5.74) is 0.448. The van der Waals surface area contributed by atoms with Crippen LogP contribution in [-0.2, 0) is 0 Å². The molecule has 2 N–H and O–H groups in total. The van der Waals surface area contributed by atoms with Crippen LogP contribution in [0.1, 0.15) is 10.4 Å². The van der Waals surface area contributed by atoms with E-state index in [1.54, 1.807) is 19.2 Å². The van der Waals surface area contributed by atoms with Gasteiger partial charge in [-0.25, -0.2) is 9.37 Å². The normalized spacial score (nSPS) is 9.95. The van der Waals surface area contributed by atoms with Crippen LogP contribution in [0.2, 0.25) is 0 Å². The van der Waals surface area contributed by atoms with Crippen molar-refractivity contribution in [3.8, 4) is 5.75 Å². The first-order valence-electron chi connectivity index (χ1n) is 5.92. The van der Waals surface area contributed by atoms with Crippen molar-refractivity contribution in [1.29, 1.82) is 0 Å². The minimum atomic E-state index is -0.526. The molecule has 2 rings (SSSR count). The molecule has 1 amide bonds. The van der Waals surface area contributed by atoms with Gasteiger partial charge in [0.15, 0.2) is 0 Å². The molecule has 1 aromatic carbocycles. The van der Waals surface area contributed by atoms with Gasteiger partial charge in [-0.1, -0.05) is 0 Å². The summed E-state index contributed by atoms with van der Waals surface area (Å²) in [6, 6.07) is 7.27. The predicted octanol–water partition coefficient (Wildman–Crippen LogP) is 2.52. The summed E-state index contributed by atoms with van der Waals surface area (Å²) in [5.74, 6) is 0.0780. The van der Waals surface area contributed by atoms with Gasteiger partial charge in [-0.2, -0.15) is 0 Å². The van der Waals surface area contributed by atoms with Gasteiger partial charge < -0.3 is 15.4 Å². The number of benzene rings is 1. The molecule has 0 unspecified atom stereocenters. The van der Waals surface area contributed by atoms with E-state index in [2.05, 4.69) is 15.6 Å². The number of halogens is 1. The Balaban J connectivity index is 2.22. The molecule has 0 fully saturated rings. The van der Waals surface area contributed by atoms with E-state index in [-0.39, 0.29) is 5.69 Å². The maximum absolute atomic E-state index is 13.6. The van der Waals surface area contributed by atoms with Gasteiger partial charge in [0.05, 0.1) is 12.8 Å². The number of rotatable bonds is 4. The maximum Gasteiger partial charge on any atom is 0.255 e. The number of ether oxygens (including phenoxy) is 1. The Kier molecular flexibility index (Phi) is 4.14. The van der Waals surface area contributed by atoms with E-state index in [0.717, 1.165) is 0 Å². The molecule has 1 aromatic heterocycles. The lowest BCUT2D eigenvalue weighted by molar-refractivity contribution is 0.102. The zero-order chi connectivity index (χ0) is 14.5. The molecule has 0 aliphatic heterocycles. The minimum Gasteiger partial charge on any atom is -0.497 e. The number of methoxy groups -OCH3 is 1. The maximum atomic E-state index is 13.6. The van der Waals surface area contributed by atoms with Crippen LogP contribution in [0.15, 0.2) is 36.5 Å². The first-order chi connectivity index (χ1) is 9.63. The van der Waals surface area contributed by atoms with Crippen molar-refractivity contribution in [2.75, 3.05) is 24.8 Å². The standard InChI is InChI=1S/C14H14FN3O2/c1-16-13-7-9(5-6-17-13)14(19)18-12-8-10(20-2)3-4-11(12)15/h3-8H,1-2H3,(H,16,17)(H,18,19). The average Bonchev–Trinajstić information content (AvgIpc) is 2.49. The van der Waals surface area contributed by atoms with Crippen LogP contribution in [0.3, 0.4) is 0 Å². The first-order valence-corrected chi connectivity index (χ1v) is 5.92. The second-order valence-electron chi connectivity index (χ2n) is 3.98. The molecule has 0 saturated carbocycles. The van der Waals surface area contributed by atoms with E-state index in [0.29, 0.717) is 17.1 Å². The van der Waals surface area contributed by atoms with Crippen LogP contribution < -0.4 is 15.4 Å². The molecule has 1 heterocycles. The molecular formula is C14H14FN3O2. The number of nitrogens with zero attached hydrogens (tertiary/aromatic N) is 1.